The predicted octanol–water partition coefficient (Wildman–Crippen LogP) is 0.683. The van der Waals surface area contributed by atoms with Gasteiger partial charge in [-0.15, -0.1) is 0 Å². The average molecular weight is 338 g/mol. The van der Waals surface area contributed by atoms with E-state index in [-0.39, 0.29) is 23.1 Å². The molecule has 2 saturated heterocycles. The number of carbonyl (C=O) groups is 2. The van der Waals surface area contributed by atoms with Gasteiger partial charge >= 0.3 is 0 Å². The second kappa shape index (κ2) is 8.81. The van der Waals surface area contributed by atoms with E-state index >= 15 is 0 Å². The van der Waals surface area contributed by atoms with Crippen molar-refractivity contribution in [3.63, 3.8) is 0 Å². The van der Waals surface area contributed by atoms with E-state index in [1.807, 2.05) is 25.7 Å². The van der Waals surface area contributed by atoms with E-state index in [1.165, 1.54) is 0 Å². The smallest absolute Gasteiger partial charge is 0.227 e. The molecule has 138 valence electrons. The molecule has 0 aliphatic carbocycles. The highest BCUT2D eigenvalue weighted by Gasteiger charge is 2.33. The lowest BCUT2D eigenvalue weighted by atomic mass is 9.91. The average Bonchev–Trinajstić information content (AvgIpc) is 2.58. The molecule has 0 spiro atoms. The van der Waals surface area contributed by atoms with Gasteiger partial charge in [-0.1, -0.05) is 20.8 Å². The van der Waals surface area contributed by atoms with Crippen LogP contribution >= 0.6 is 0 Å². The first-order valence-corrected chi connectivity index (χ1v) is 9.38. The fourth-order valence-electron chi connectivity index (χ4n) is 3.44. The van der Waals surface area contributed by atoms with Gasteiger partial charge in [0.15, 0.2) is 0 Å². The summed E-state index contributed by atoms with van der Waals surface area (Å²) >= 11 is 0. The summed E-state index contributed by atoms with van der Waals surface area (Å²) in [5.41, 5.74) is -0.373. The van der Waals surface area contributed by atoms with Gasteiger partial charge in [-0.2, -0.15) is 0 Å². The molecule has 2 N–H and O–H groups in total. The maximum absolute atomic E-state index is 12.4. The highest BCUT2D eigenvalue weighted by Crippen LogP contribution is 2.23. The normalized spacial score (nSPS) is 23.1. The Kier molecular flexibility index (Phi) is 7.04. The molecule has 6 nitrogen and oxygen atoms in total. The summed E-state index contributed by atoms with van der Waals surface area (Å²) in [6.45, 7) is 13.3. The van der Waals surface area contributed by atoms with E-state index in [9.17, 15) is 9.59 Å². The molecular formula is C18H34N4O2. The third-order valence-electron chi connectivity index (χ3n) is 4.88. The van der Waals surface area contributed by atoms with Crippen molar-refractivity contribution in [1.29, 1.82) is 0 Å². The SMILES string of the molecule is CC(C)(C)C(=O)N1CCCC(C(=O)NCCCN2CCNCC2)C1. The number of hydrogen-bond acceptors (Lipinski definition) is 4. The van der Waals surface area contributed by atoms with Crippen molar-refractivity contribution in [1.82, 2.24) is 20.4 Å². The fraction of sp³-hybridized carbons (Fsp3) is 0.889. The Morgan fingerprint density at radius 3 is 2.54 bits per heavy atom. The number of likely N-dealkylation sites (tertiary alicyclic amines) is 1. The lowest BCUT2D eigenvalue weighted by Gasteiger charge is -2.36. The number of piperidine rings is 1. The summed E-state index contributed by atoms with van der Waals surface area (Å²) in [5, 5.41) is 6.42. The van der Waals surface area contributed by atoms with Crippen LogP contribution in [0.4, 0.5) is 0 Å². The molecule has 2 amide bonds. The van der Waals surface area contributed by atoms with E-state index in [0.29, 0.717) is 6.54 Å². The van der Waals surface area contributed by atoms with Gasteiger partial charge in [0.2, 0.25) is 11.8 Å². The zero-order valence-electron chi connectivity index (χ0n) is 15.6. The number of piperazine rings is 1. The molecule has 2 heterocycles. The Labute approximate surface area is 146 Å². The van der Waals surface area contributed by atoms with Gasteiger partial charge < -0.3 is 20.4 Å². The molecule has 2 rings (SSSR count). The van der Waals surface area contributed by atoms with E-state index in [2.05, 4.69) is 15.5 Å². The summed E-state index contributed by atoms with van der Waals surface area (Å²) in [6, 6.07) is 0. The van der Waals surface area contributed by atoms with Crippen molar-refractivity contribution >= 4 is 11.8 Å². The van der Waals surface area contributed by atoms with Crippen LogP contribution in [0.2, 0.25) is 0 Å². The van der Waals surface area contributed by atoms with Gasteiger partial charge in [-0.25, -0.2) is 0 Å². The minimum Gasteiger partial charge on any atom is -0.356 e. The van der Waals surface area contributed by atoms with Crippen molar-refractivity contribution < 1.29 is 9.59 Å². The van der Waals surface area contributed by atoms with Crippen molar-refractivity contribution in [2.24, 2.45) is 11.3 Å². The van der Waals surface area contributed by atoms with Crippen LogP contribution in [0.15, 0.2) is 0 Å². The molecule has 2 aliphatic rings. The summed E-state index contributed by atoms with van der Waals surface area (Å²) in [6.07, 6.45) is 2.79. The van der Waals surface area contributed by atoms with Crippen LogP contribution in [0.1, 0.15) is 40.0 Å². The molecule has 0 aromatic carbocycles. The molecule has 2 aliphatic heterocycles. The number of carbonyl (C=O) groups excluding carboxylic acids is 2. The monoisotopic (exact) mass is 338 g/mol. The second-order valence-corrected chi connectivity index (χ2v) is 8.08. The fourth-order valence-corrected chi connectivity index (χ4v) is 3.44. The number of nitrogens with zero attached hydrogens (tertiary/aromatic N) is 2. The molecule has 1 atom stereocenters. The molecule has 2 fully saturated rings. The van der Waals surface area contributed by atoms with Gasteiger partial charge in [0.25, 0.3) is 0 Å². The summed E-state index contributed by atoms with van der Waals surface area (Å²) in [4.78, 5) is 29.1. The first-order valence-electron chi connectivity index (χ1n) is 9.38. The molecule has 6 heteroatoms. The second-order valence-electron chi connectivity index (χ2n) is 8.08. The van der Waals surface area contributed by atoms with Gasteiger partial charge in [-0.3, -0.25) is 9.59 Å². The highest BCUT2D eigenvalue weighted by molar-refractivity contribution is 5.83. The summed E-state index contributed by atoms with van der Waals surface area (Å²) in [5.74, 6) is 0.213. The molecular weight excluding hydrogens is 304 g/mol. The molecule has 1 unspecified atom stereocenters. The van der Waals surface area contributed by atoms with E-state index < -0.39 is 0 Å². The minimum atomic E-state index is -0.373. The minimum absolute atomic E-state index is 0.0516. The van der Waals surface area contributed by atoms with Crippen molar-refractivity contribution in [3.8, 4) is 0 Å². The Morgan fingerprint density at radius 2 is 1.88 bits per heavy atom. The number of hydrogen-bond donors (Lipinski definition) is 2. The first kappa shape index (κ1) is 19.2. The zero-order chi connectivity index (χ0) is 17.6. The third kappa shape index (κ3) is 5.74. The van der Waals surface area contributed by atoms with Crippen molar-refractivity contribution in [2.45, 2.75) is 40.0 Å². The van der Waals surface area contributed by atoms with E-state index in [0.717, 1.165) is 65.1 Å². The van der Waals surface area contributed by atoms with Crippen molar-refractivity contribution in [3.05, 3.63) is 0 Å². The Balaban J connectivity index is 1.68. The topological polar surface area (TPSA) is 64.7 Å². The molecule has 0 radical (unpaired) electrons. The maximum Gasteiger partial charge on any atom is 0.227 e. The van der Waals surface area contributed by atoms with E-state index in [4.69, 9.17) is 0 Å². The van der Waals surface area contributed by atoms with Crippen LogP contribution in [0.5, 0.6) is 0 Å². The number of nitrogens with one attached hydrogen (secondary N) is 2. The van der Waals surface area contributed by atoms with E-state index in [1.54, 1.807) is 0 Å². The first-order chi connectivity index (χ1) is 11.4. The zero-order valence-corrected chi connectivity index (χ0v) is 15.6. The quantitative estimate of drug-likeness (QED) is 0.724. The van der Waals surface area contributed by atoms with Crippen LogP contribution in [0.25, 0.3) is 0 Å². The lowest BCUT2D eigenvalue weighted by molar-refractivity contribution is -0.142. The van der Waals surface area contributed by atoms with Crippen LogP contribution in [-0.4, -0.2) is 74.0 Å². The van der Waals surface area contributed by atoms with Crippen LogP contribution in [0.3, 0.4) is 0 Å². The summed E-state index contributed by atoms with van der Waals surface area (Å²) < 4.78 is 0. The third-order valence-corrected chi connectivity index (χ3v) is 4.88. The molecule has 0 saturated carbocycles. The van der Waals surface area contributed by atoms with Gasteiger partial charge in [-0.05, 0) is 25.8 Å². The maximum atomic E-state index is 12.4. The molecule has 24 heavy (non-hydrogen) atoms. The predicted molar refractivity (Wildman–Crippen MR) is 95.7 cm³/mol. The lowest BCUT2D eigenvalue weighted by Crippen LogP contribution is -2.49. The largest absolute Gasteiger partial charge is 0.356 e. The van der Waals surface area contributed by atoms with Crippen molar-refractivity contribution in [2.75, 3.05) is 52.4 Å². The molecule has 0 bridgehead atoms. The highest BCUT2D eigenvalue weighted by atomic mass is 16.2. The molecule has 0 aromatic rings. The Hall–Kier alpha value is -1.14. The van der Waals surface area contributed by atoms with Crippen LogP contribution < -0.4 is 10.6 Å². The number of rotatable bonds is 5. The number of amides is 2. The summed E-state index contributed by atoms with van der Waals surface area (Å²) in [7, 11) is 0. The Bertz CT molecular complexity index is 427. The van der Waals surface area contributed by atoms with Crippen LogP contribution in [0, 0.1) is 11.3 Å². The van der Waals surface area contributed by atoms with Gasteiger partial charge in [0, 0.05) is 51.2 Å². The van der Waals surface area contributed by atoms with Gasteiger partial charge in [0.1, 0.15) is 0 Å². The standard InChI is InChI=1S/C18H34N4O2/c1-18(2,3)17(24)22-11-4-6-15(14-22)16(23)20-7-5-10-21-12-8-19-9-13-21/h15,19H,4-14H2,1-3H3,(H,20,23). The van der Waals surface area contributed by atoms with Gasteiger partial charge in [0.05, 0.1) is 5.92 Å². The van der Waals surface area contributed by atoms with Crippen LogP contribution in [-0.2, 0) is 9.59 Å². The Morgan fingerprint density at radius 1 is 1.17 bits per heavy atom. The molecule has 0 aromatic heterocycles.